The molecule has 102 valence electrons. The van der Waals surface area contributed by atoms with Gasteiger partial charge in [0.05, 0.1) is 18.2 Å². The van der Waals surface area contributed by atoms with Crippen LogP contribution in [-0.2, 0) is 0 Å². The normalized spacial score (nSPS) is 16.9. The van der Waals surface area contributed by atoms with Gasteiger partial charge in [-0.05, 0) is 30.3 Å². The monoisotopic (exact) mass is 269 g/mol. The third-order valence-electron chi connectivity index (χ3n) is 3.43. The van der Waals surface area contributed by atoms with Crippen molar-refractivity contribution in [1.29, 1.82) is 0 Å². The quantitative estimate of drug-likeness (QED) is 0.897. The van der Waals surface area contributed by atoms with Crippen molar-refractivity contribution in [2.75, 3.05) is 11.9 Å². The molecule has 0 saturated heterocycles. The van der Waals surface area contributed by atoms with E-state index in [-0.39, 0.29) is 6.04 Å². The van der Waals surface area contributed by atoms with Gasteiger partial charge in [-0.2, -0.15) is 0 Å². The zero-order chi connectivity index (χ0) is 13.9. The van der Waals surface area contributed by atoms with E-state index in [1.807, 2.05) is 18.2 Å². The minimum absolute atomic E-state index is 0.190. The molecule has 0 bridgehead atoms. The summed E-state index contributed by atoms with van der Waals surface area (Å²) < 4.78 is 5.62. The van der Waals surface area contributed by atoms with Crippen LogP contribution in [0.25, 0.3) is 0 Å². The van der Waals surface area contributed by atoms with Gasteiger partial charge in [-0.1, -0.05) is 18.2 Å². The number of ether oxygens (including phenoxy) is 1. The molecule has 0 spiro atoms. The maximum absolute atomic E-state index is 10.8. The van der Waals surface area contributed by atoms with E-state index in [4.69, 9.17) is 9.84 Å². The molecule has 3 rings (SSSR count). The Morgan fingerprint density at radius 2 is 1.90 bits per heavy atom. The van der Waals surface area contributed by atoms with Crippen molar-refractivity contribution in [1.82, 2.24) is 0 Å². The molecule has 1 heterocycles. The Bertz CT molecular complexity index is 622. The number of carboxylic acid groups (broad SMARTS) is 1. The highest BCUT2D eigenvalue weighted by atomic mass is 16.5. The van der Waals surface area contributed by atoms with Gasteiger partial charge in [-0.15, -0.1) is 0 Å². The van der Waals surface area contributed by atoms with Crippen LogP contribution >= 0.6 is 0 Å². The predicted molar refractivity (Wildman–Crippen MR) is 76.3 cm³/mol. The van der Waals surface area contributed by atoms with E-state index >= 15 is 0 Å². The third kappa shape index (κ3) is 2.45. The van der Waals surface area contributed by atoms with Crippen LogP contribution in [0.5, 0.6) is 5.75 Å². The van der Waals surface area contributed by atoms with Gasteiger partial charge in [0.1, 0.15) is 5.75 Å². The number of carbonyl (C=O) groups is 1. The summed E-state index contributed by atoms with van der Waals surface area (Å²) in [6.45, 7) is 0.682. The highest BCUT2D eigenvalue weighted by Gasteiger charge is 2.20. The molecule has 0 aliphatic carbocycles. The number of aromatic carboxylic acids is 1. The Morgan fingerprint density at radius 1 is 1.15 bits per heavy atom. The molecule has 1 aliphatic rings. The van der Waals surface area contributed by atoms with E-state index in [9.17, 15) is 4.79 Å². The fourth-order valence-electron chi connectivity index (χ4n) is 2.40. The molecule has 0 aromatic heterocycles. The summed E-state index contributed by atoms with van der Waals surface area (Å²) in [5.41, 5.74) is 2.35. The zero-order valence-electron chi connectivity index (χ0n) is 10.9. The minimum atomic E-state index is -0.909. The molecule has 2 N–H and O–H groups in total. The molecule has 0 saturated carbocycles. The van der Waals surface area contributed by atoms with Crippen LogP contribution in [0.3, 0.4) is 0 Å². The summed E-state index contributed by atoms with van der Waals surface area (Å²) in [7, 11) is 0. The van der Waals surface area contributed by atoms with Crippen molar-refractivity contribution in [2.24, 2.45) is 0 Å². The molecule has 1 atom stereocenters. The Balaban J connectivity index is 1.80. The SMILES string of the molecule is O=C(O)c1ccc(NC2CCOc3ccccc32)cc1. The minimum Gasteiger partial charge on any atom is -0.493 e. The Morgan fingerprint density at radius 3 is 2.65 bits per heavy atom. The summed E-state index contributed by atoms with van der Waals surface area (Å²) in [5.74, 6) is 0.00590. The summed E-state index contributed by atoms with van der Waals surface area (Å²) in [4.78, 5) is 10.8. The number of para-hydroxylation sites is 1. The number of fused-ring (bicyclic) bond motifs is 1. The first kappa shape index (κ1) is 12.5. The van der Waals surface area contributed by atoms with Crippen molar-refractivity contribution in [3.63, 3.8) is 0 Å². The van der Waals surface area contributed by atoms with Gasteiger partial charge < -0.3 is 15.2 Å². The zero-order valence-corrected chi connectivity index (χ0v) is 10.9. The fraction of sp³-hybridized carbons (Fsp3) is 0.188. The van der Waals surface area contributed by atoms with Crippen molar-refractivity contribution >= 4 is 11.7 Å². The lowest BCUT2D eigenvalue weighted by Crippen LogP contribution is -2.20. The molecular formula is C16H15NO3. The predicted octanol–water partition coefficient (Wildman–Crippen LogP) is 3.32. The van der Waals surface area contributed by atoms with Crippen LogP contribution in [0, 0.1) is 0 Å². The number of rotatable bonds is 3. The van der Waals surface area contributed by atoms with Crippen molar-refractivity contribution in [2.45, 2.75) is 12.5 Å². The lowest BCUT2D eigenvalue weighted by atomic mass is 10.0. The maximum atomic E-state index is 10.8. The number of hydrogen-bond acceptors (Lipinski definition) is 3. The van der Waals surface area contributed by atoms with Gasteiger partial charge in [0.15, 0.2) is 0 Å². The first-order valence-corrected chi connectivity index (χ1v) is 6.55. The number of hydrogen-bond donors (Lipinski definition) is 2. The van der Waals surface area contributed by atoms with E-state index in [0.717, 1.165) is 23.4 Å². The second-order valence-electron chi connectivity index (χ2n) is 4.75. The number of nitrogens with one attached hydrogen (secondary N) is 1. The van der Waals surface area contributed by atoms with Crippen LogP contribution in [0.15, 0.2) is 48.5 Å². The summed E-state index contributed by atoms with van der Waals surface area (Å²) in [6.07, 6.45) is 0.887. The Labute approximate surface area is 117 Å². The van der Waals surface area contributed by atoms with E-state index in [0.29, 0.717) is 12.2 Å². The summed E-state index contributed by atoms with van der Waals surface area (Å²) >= 11 is 0. The standard InChI is InChI=1S/C16H15NO3/c18-16(19)11-5-7-12(8-6-11)17-14-9-10-20-15-4-2-1-3-13(14)15/h1-8,14,17H,9-10H2,(H,18,19). The molecule has 4 nitrogen and oxygen atoms in total. The molecule has 0 fully saturated rings. The van der Waals surface area contributed by atoms with Crippen molar-refractivity contribution in [3.05, 3.63) is 59.7 Å². The van der Waals surface area contributed by atoms with E-state index < -0.39 is 5.97 Å². The van der Waals surface area contributed by atoms with Crippen LogP contribution in [0.4, 0.5) is 5.69 Å². The Hall–Kier alpha value is -2.49. The van der Waals surface area contributed by atoms with Gasteiger partial charge in [-0.25, -0.2) is 4.79 Å². The molecule has 2 aromatic carbocycles. The first-order chi connectivity index (χ1) is 9.74. The highest BCUT2D eigenvalue weighted by molar-refractivity contribution is 5.88. The molecule has 4 heteroatoms. The average molecular weight is 269 g/mol. The first-order valence-electron chi connectivity index (χ1n) is 6.55. The van der Waals surface area contributed by atoms with Crippen molar-refractivity contribution in [3.8, 4) is 5.75 Å². The lowest BCUT2D eigenvalue weighted by molar-refractivity contribution is 0.0697. The van der Waals surface area contributed by atoms with Crippen LogP contribution in [0.1, 0.15) is 28.4 Å². The van der Waals surface area contributed by atoms with Gasteiger partial charge in [0.2, 0.25) is 0 Å². The largest absolute Gasteiger partial charge is 0.493 e. The second-order valence-corrected chi connectivity index (χ2v) is 4.75. The average Bonchev–Trinajstić information content (AvgIpc) is 2.48. The van der Waals surface area contributed by atoms with Gasteiger partial charge in [0, 0.05) is 17.7 Å². The van der Waals surface area contributed by atoms with E-state index in [1.165, 1.54) is 0 Å². The molecule has 1 unspecified atom stereocenters. The molecular weight excluding hydrogens is 254 g/mol. The van der Waals surface area contributed by atoms with Gasteiger partial charge in [0.25, 0.3) is 0 Å². The topological polar surface area (TPSA) is 58.6 Å². The van der Waals surface area contributed by atoms with Crippen LogP contribution in [0.2, 0.25) is 0 Å². The smallest absolute Gasteiger partial charge is 0.335 e. The van der Waals surface area contributed by atoms with E-state index in [1.54, 1.807) is 24.3 Å². The summed E-state index contributed by atoms with van der Waals surface area (Å²) in [5, 5.41) is 12.3. The second kappa shape index (κ2) is 5.25. The molecule has 0 amide bonds. The summed E-state index contributed by atoms with van der Waals surface area (Å²) in [6, 6.07) is 15.0. The van der Waals surface area contributed by atoms with Crippen LogP contribution in [-0.4, -0.2) is 17.7 Å². The highest BCUT2D eigenvalue weighted by Crippen LogP contribution is 2.33. The number of carboxylic acids is 1. The fourth-order valence-corrected chi connectivity index (χ4v) is 2.40. The molecule has 20 heavy (non-hydrogen) atoms. The van der Waals surface area contributed by atoms with Gasteiger partial charge >= 0.3 is 5.97 Å². The molecule has 0 radical (unpaired) electrons. The van der Waals surface area contributed by atoms with Gasteiger partial charge in [-0.3, -0.25) is 0 Å². The van der Waals surface area contributed by atoms with Crippen molar-refractivity contribution < 1.29 is 14.6 Å². The molecule has 1 aliphatic heterocycles. The van der Waals surface area contributed by atoms with E-state index in [2.05, 4.69) is 11.4 Å². The van der Waals surface area contributed by atoms with Crippen LogP contribution < -0.4 is 10.1 Å². The third-order valence-corrected chi connectivity index (χ3v) is 3.43. The number of benzene rings is 2. The number of anilines is 1. The lowest BCUT2D eigenvalue weighted by Gasteiger charge is -2.27. The Kier molecular flexibility index (Phi) is 3.29. The maximum Gasteiger partial charge on any atom is 0.335 e. The molecule has 2 aromatic rings.